The van der Waals surface area contributed by atoms with Gasteiger partial charge in [-0.2, -0.15) is 0 Å². The molecule has 0 unspecified atom stereocenters. The third-order valence-electron chi connectivity index (χ3n) is 7.35. The molecule has 4 rings (SSSR count). The van der Waals surface area contributed by atoms with Crippen LogP contribution in [0.1, 0.15) is 67.7 Å². The molecule has 0 amide bonds. The van der Waals surface area contributed by atoms with Gasteiger partial charge >= 0.3 is 17.9 Å². The summed E-state index contributed by atoms with van der Waals surface area (Å²) in [6.45, 7) is 6.23. The van der Waals surface area contributed by atoms with Gasteiger partial charge in [0.1, 0.15) is 23.9 Å². The average Bonchev–Trinajstić information content (AvgIpc) is 3.11. The molecule has 4 aromatic carbocycles. The van der Waals surface area contributed by atoms with E-state index in [1.165, 1.54) is 27.4 Å². The first-order valence-electron chi connectivity index (χ1n) is 15.7. The predicted molar refractivity (Wildman–Crippen MR) is 189 cm³/mol. The van der Waals surface area contributed by atoms with Crippen molar-refractivity contribution in [2.45, 2.75) is 52.1 Å². The van der Waals surface area contributed by atoms with Gasteiger partial charge in [0.2, 0.25) is 0 Å². The monoisotopic (exact) mass is 670 g/mol. The molecular formula is C40H46O9. The molecule has 2 atom stereocenters. The number of aromatic hydroxyl groups is 2. The Morgan fingerprint density at radius 1 is 0.653 bits per heavy atom. The van der Waals surface area contributed by atoms with Crippen molar-refractivity contribution in [3.63, 3.8) is 0 Å². The Morgan fingerprint density at radius 3 is 1.63 bits per heavy atom. The molecule has 0 aliphatic rings. The number of carbonyl (C=O) groups excluding carboxylic acids is 3. The van der Waals surface area contributed by atoms with Gasteiger partial charge in [-0.3, -0.25) is 9.59 Å². The summed E-state index contributed by atoms with van der Waals surface area (Å²) < 4.78 is 19.5. The molecule has 0 bridgehead atoms. The average molecular weight is 671 g/mol. The van der Waals surface area contributed by atoms with Gasteiger partial charge in [0.15, 0.2) is 0 Å². The molecule has 4 aromatic rings. The minimum Gasteiger partial charge on any atom is -0.508 e. The Labute approximate surface area is 288 Å². The van der Waals surface area contributed by atoms with E-state index < -0.39 is 0 Å². The van der Waals surface area contributed by atoms with Gasteiger partial charge in [-0.1, -0.05) is 80.6 Å². The summed E-state index contributed by atoms with van der Waals surface area (Å²) in [6, 6.07) is 31.5. The summed E-state index contributed by atoms with van der Waals surface area (Å²) >= 11 is 0. The highest BCUT2D eigenvalue weighted by atomic mass is 16.5. The normalized spacial score (nSPS) is 11.7. The van der Waals surface area contributed by atoms with E-state index in [9.17, 15) is 24.6 Å². The zero-order valence-electron chi connectivity index (χ0n) is 28.9. The van der Waals surface area contributed by atoms with Gasteiger partial charge in [0.25, 0.3) is 0 Å². The molecule has 0 saturated carbocycles. The van der Waals surface area contributed by atoms with E-state index in [2.05, 4.69) is 14.2 Å². The number of allylic oxidation sites excluding steroid dienone is 1. The van der Waals surface area contributed by atoms with E-state index in [4.69, 9.17) is 4.74 Å². The minimum absolute atomic E-state index is 0.0644. The molecule has 9 nitrogen and oxygen atoms in total. The zero-order chi connectivity index (χ0) is 36.2. The van der Waals surface area contributed by atoms with Gasteiger partial charge in [0.05, 0.1) is 34.2 Å². The molecule has 0 aromatic heterocycles. The number of carbonyl (C=O) groups is 3. The lowest BCUT2D eigenvalue weighted by molar-refractivity contribution is -0.141. The number of hydrogen-bond acceptors (Lipinski definition) is 9. The van der Waals surface area contributed by atoms with Crippen LogP contribution in [0.4, 0.5) is 0 Å². The van der Waals surface area contributed by atoms with Crippen LogP contribution in [0.3, 0.4) is 0 Å². The van der Waals surface area contributed by atoms with Crippen molar-refractivity contribution < 1.29 is 43.5 Å². The number of methoxy groups -OCH3 is 3. The van der Waals surface area contributed by atoms with Crippen LogP contribution in [0.15, 0.2) is 109 Å². The number of esters is 3. The molecule has 2 N–H and O–H groups in total. The lowest BCUT2D eigenvalue weighted by Gasteiger charge is -2.10. The van der Waals surface area contributed by atoms with Crippen molar-refractivity contribution in [2.75, 3.05) is 21.3 Å². The first kappa shape index (κ1) is 39.6. The summed E-state index contributed by atoms with van der Waals surface area (Å²) in [6.07, 6.45) is 2.14. The highest BCUT2D eigenvalue weighted by Crippen LogP contribution is 2.24. The van der Waals surface area contributed by atoms with Crippen molar-refractivity contribution in [3.05, 3.63) is 131 Å². The second-order valence-corrected chi connectivity index (χ2v) is 11.2. The van der Waals surface area contributed by atoms with Crippen LogP contribution in [0.25, 0.3) is 5.57 Å². The van der Waals surface area contributed by atoms with Gasteiger partial charge in [-0.25, -0.2) is 4.79 Å². The predicted octanol–water partition coefficient (Wildman–Crippen LogP) is 7.96. The lowest BCUT2D eigenvalue weighted by atomic mass is 9.98. The third kappa shape index (κ3) is 15.3. The van der Waals surface area contributed by atoms with Crippen LogP contribution in [-0.2, 0) is 35.2 Å². The van der Waals surface area contributed by atoms with E-state index in [0.717, 1.165) is 33.6 Å². The topological polar surface area (TPSA) is 129 Å². The number of rotatable bonds is 11. The number of benzene rings is 4. The van der Waals surface area contributed by atoms with Crippen molar-refractivity contribution in [2.24, 2.45) is 0 Å². The fourth-order valence-electron chi connectivity index (χ4n) is 4.46. The van der Waals surface area contributed by atoms with Crippen LogP contribution in [0, 0.1) is 0 Å². The van der Waals surface area contributed by atoms with E-state index in [1.807, 2.05) is 87.5 Å². The van der Waals surface area contributed by atoms with E-state index in [-0.39, 0.29) is 41.2 Å². The van der Waals surface area contributed by atoms with Crippen molar-refractivity contribution >= 4 is 23.5 Å². The number of phenolic OH excluding ortho intramolecular Hbond substituents is 2. The molecule has 49 heavy (non-hydrogen) atoms. The summed E-state index contributed by atoms with van der Waals surface area (Å²) in [7, 11) is 4.11. The molecule has 9 heteroatoms. The highest BCUT2D eigenvalue weighted by molar-refractivity contribution is 5.90. The van der Waals surface area contributed by atoms with Crippen LogP contribution in [-0.4, -0.2) is 49.5 Å². The molecule has 0 fully saturated rings. The van der Waals surface area contributed by atoms with Gasteiger partial charge in [-0.15, -0.1) is 0 Å². The van der Waals surface area contributed by atoms with Gasteiger partial charge < -0.3 is 29.2 Å². The van der Waals surface area contributed by atoms with Crippen molar-refractivity contribution in [1.82, 2.24) is 0 Å². The highest BCUT2D eigenvalue weighted by Gasteiger charge is 2.12. The maximum absolute atomic E-state index is 11.3. The fraction of sp³-hybridized carbons (Fsp3) is 0.275. The van der Waals surface area contributed by atoms with Gasteiger partial charge in [0, 0.05) is 6.08 Å². The third-order valence-corrected chi connectivity index (χ3v) is 7.35. The van der Waals surface area contributed by atoms with E-state index in [1.54, 1.807) is 36.4 Å². The number of ether oxygens (including phenoxy) is 4. The number of hydrogen-bond donors (Lipinski definition) is 2. The minimum atomic E-state index is -0.358. The maximum Gasteiger partial charge on any atom is 0.330 e. The first-order chi connectivity index (χ1) is 23.4. The van der Waals surface area contributed by atoms with Gasteiger partial charge in [-0.05, 0) is 83.0 Å². The largest absolute Gasteiger partial charge is 0.508 e. The number of phenols is 2. The molecular weight excluding hydrogens is 624 g/mol. The molecule has 0 saturated heterocycles. The van der Waals surface area contributed by atoms with Crippen LogP contribution < -0.4 is 4.74 Å². The standard InChI is InChI=1S/C18H18O3.2C11H14O3/c1-14(11-18(19)20-2)16-9-6-10-17(12-16)21-13-15-7-4-3-5-8-15;2*1-8(6-11(13)14-2)9-4-3-5-10(12)7-9/h3-12H,13H2,1-2H3;2*3-5,7-8,12H,6H2,1-2H3/b14-11+;;/t;2*8-/m.10/s1. The van der Waals surface area contributed by atoms with E-state index in [0.29, 0.717) is 19.4 Å². The Hall–Kier alpha value is -5.57. The first-order valence-corrected chi connectivity index (χ1v) is 15.7. The zero-order valence-corrected chi connectivity index (χ0v) is 28.9. The fourth-order valence-corrected chi connectivity index (χ4v) is 4.46. The molecule has 0 spiro atoms. The smallest absolute Gasteiger partial charge is 0.330 e. The molecule has 0 radical (unpaired) electrons. The van der Waals surface area contributed by atoms with Crippen LogP contribution in [0.5, 0.6) is 17.2 Å². The molecule has 0 aliphatic carbocycles. The summed E-state index contributed by atoms with van der Waals surface area (Å²) in [5, 5.41) is 18.5. The SMILES string of the molecule is COC(=O)/C=C(\C)c1cccc(OCc2ccccc2)c1.COC(=O)C[C@@H](C)c1cccc(O)c1.COC(=O)C[C@H](C)c1cccc(O)c1. The molecule has 0 aliphatic heterocycles. The summed E-state index contributed by atoms with van der Waals surface area (Å²) in [5.41, 5.74) is 4.77. The van der Waals surface area contributed by atoms with Crippen molar-refractivity contribution in [3.8, 4) is 17.2 Å². The second kappa shape index (κ2) is 21.3. The Morgan fingerprint density at radius 2 is 1.16 bits per heavy atom. The summed E-state index contributed by atoms with van der Waals surface area (Å²) in [5.74, 6) is 0.515. The lowest BCUT2D eigenvalue weighted by Crippen LogP contribution is -2.05. The summed E-state index contributed by atoms with van der Waals surface area (Å²) in [4.78, 5) is 33.3. The van der Waals surface area contributed by atoms with Crippen molar-refractivity contribution in [1.29, 1.82) is 0 Å². The van der Waals surface area contributed by atoms with E-state index >= 15 is 0 Å². The van der Waals surface area contributed by atoms with Crippen LogP contribution >= 0.6 is 0 Å². The quantitative estimate of drug-likeness (QED) is 0.0928. The molecule has 260 valence electrons. The Balaban J connectivity index is 0.000000264. The second-order valence-electron chi connectivity index (χ2n) is 11.2. The van der Waals surface area contributed by atoms with Crippen LogP contribution in [0.2, 0.25) is 0 Å². The Bertz CT molecular complexity index is 1580. The molecule has 0 heterocycles. The maximum atomic E-state index is 11.3. The Kier molecular flexibility index (Phi) is 17.2.